The molecule has 0 aromatic heterocycles. The number of sulfonamides is 2. The highest BCUT2D eigenvalue weighted by atomic mass is 35.5. The summed E-state index contributed by atoms with van der Waals surface area (Å²) in [5.41, 5.74) is 0. The van der Waals surface area contributed by atoms with Crippen LogP contribution in [0, 0.1) is 0 Å². The zero-order valence-corrected chi connectivity index (χ0v) is 17.7. The van der Waals surface area contributed by atoms with Crippen LogP contribution in [-0.4, -0.2) is 48.4 Å². The molecule has 0 saturated heterocycles. The molecule has 0 amide bonds. The summed E-state index contributed by atoms with van der Waals surface area (Å²) in [5, 5.41) is 0.314. The van der Waals surface area contributed by atoms with Gasteiger partial charge in [-0.15, -0.1) is 0 Å². The average Bonchev–Trinajstić information content (AvgIpc) is 2.61. The zero-order valence-electron chi connectivity index (χ0n) is 14.5. The van der Waals surface area contributed by atoms with Crippen molar-refractivity contribution in [3.63, 3.8) is 0 Å². The fraction of sp³-hybridized carbons (Fsp3) is 0.250. The lowest BCUT2D eigenvalue weighted by Gasteiger charge is -2.12. The minimum absolute atomic E-state index is 0.0110. The van der Waals surface area contributed by atoms with Crippen molar-refractivity contribution in [2.45, 2.75) is 9.79 Å². The van der Waals surface area contributed by atoms with Gasteiger partial charge in [-0.3, -0.25) is 0 Å². The van der Waals surface area contributed by atoms with Crippen LogP contribution in [0.2, 0.25) is 10.0 Å². The van der Waals surface area contributed by atoms with Crippen molar-refractivity contribution < 1.29 is 21.6 Å². The Morgan fingerprint density at radius 3 is 2.22 bits per heavy atom. The van der Waals surface area contributed by atoms with E-state index < -0.39 is 20.0 Å². The van der Waals surface area contributed by atoms with E-state index in [4.69, 9.17) is 27.9 Å². The van der Waals surface area contributed by atoms with Crippen LogP contribution in [0.5, 0.6) is 5.75 Å². The van der Waals surface area contributed by atoms with Gasteiger partial charge in [-0.1, -0.05) is 23.2 Å². The zero-order chi connectivity index (χ0) is 20.2. The molecule has 27 heavy (non-hydrogen) atoms. The summed E-state index contributed by atoms with van der Waals surface area (Å²) in [5.74, 6) is 0.410. The number of nitrogens with zero attached hydrogens (tertiary/aromatic N) is 1. The van der Waals surface area contributed by atoms with Gasteiger partial charge in [0.15, 0.2) is 0 Å². The molecule has 2 aromatic carbocycles. The first-order valence-corrected chi connectivity index (χ1v) is 11.3. The van der Waals surface area contributed by atoms with Gasteiger partial charge in [0.1, 0.15) is 17.3 Å². The number of ether oxygens (including phenoxy) is 1. The second-order valence-electron chi connectivity index (χ2n) is 5.58. The molecule has 0 aliphatic rings. The predicted octanol–water partition coefficient (Wildman–Crippen LogP) is 2.60. The topological polar surface area (TPSA) is 92.8 Å². The number of hydrogen-bond donors (Lipinski definition) is 1. The maximum Gasteiger partial charge on any atom is 0.242 e. The number of nitrogens with one attached hydrogen (secondary N) is 1. The Labute approximate surface area is 168 Å². The molecule has 0 heterocycles. The molecule has 1 N–H and O–H groups in total. The minimum atomic E-state index is -3.83. The van der Waals surface area contributed by atoms with Gasteiger partial charge in [0.25, 0.3) is 0 Å². The van der Waals surface area contributed by atoms with Crippen LogP contribution < -0.4 is 9.46 Å². The highest BCUT2D eigenvalue weighted by Crippen LogP contribution is 2.24. The highest BCUT2D eigenvalue weighted by Gasteiger charge is 2.18. The van der Waals surface area contributed by atoms with E-state index in [9.17, 15) is 16.8 Å². The highest BCUT2D eigenvalue weighted by molar-refractivity contribution is 7.89. The van der Waals surface area contributed by atoms with Crippen LogP contribution in [-0.2, 0) is 20.0 Å². The molecule has 0 radical (unpaired) electrons. The second-order valence-corrected chi connectivity index (χ2v) is 10.3. The van der Waals surface area contributed by atoms with Crippen molar-refractivity contribution in [2.75, 3.05) is 27.2 Å². The van der Waals surface area contributed by atoms with Crippen LogP contribution in [0.15, 0.2) is 52.3 Å². The number of rotatable bonds is 8. The predicted molar refractivity (Wildman–Crippen MR) is 104 cm³/mol. The third-order valence-electron chi connectivity index (χ3n) is 3.45. The molecule has 2 aromatic rings. The monoisotopic (exact) mass is 452 g/mol. The lowest BCUT2D eigenvalue weighted by atomic mass is 10.3. The third-order valence-corrected chi connectivity index (χ3v) is 7.45. The molecule has 11 heteroatoms. The van der Waals surface area contributed by atoms with Crippen molar-refractivity contribution in [3.8, 4) is 5.75 Å². The summed E-state index contributed by atoms with van der Waals surface area (Å²) in [4.78, 5) is 0.0195. The molecular weight excluding hydrogens is 435 g/mol. The lowest BCUT2D eigenvalue weighted by molar-refractivity contribution is 0.322. The maximum absolute atomic E-state index is 12.3. The Morgan fingerprint density at radius 1 is 1.00 bits per heavy atom. The number of halogens is 2. The van der Waals surface area contributed by atoms with E-state index in [0.29, 0.717) is 5.75 Å². The van der Waals surface area contributed by atoms with Crippen LogP contribution in [0.3, 0.4) is 0 Å². The van der Waals surface area contributed by atoms with Crippen molar-refractivity contribution in [3.05, 3.63) is 52.5 Å². The van der Waals surface area contributed by atoms with Gasteiger partial charge in [0, 0.05) is 25.7 Å². The molecule has 0 spiro atoms. The SMILES string of the molecule is CN(C)S(=O)(=O)c1ccc(OCCNS(=O)(=O)c2cc(Cl)ccc2Cl)cc1. The number of benzene rings is 2. The Balaban J connectivity index is 1.94. The van der Waals surface area contributed by atoms with Gasteiger partial charge in [0.2, 0.25) is 20.0 Å². The number of hydrogen-bond acceptors (Lipinski definition) is 5. The van der Waals surface area contributed by atoms with E-state index in [1.165, 1.54) is 56.6 Å². The van der Waals surface area contributed by atoms with Gasteiger partial charge in [-0.2, -0.15) is 0 Å². The first-order chi connectivity index (χ1) is 12.5. The van der Waals surface area contributed by atoms with Gasteiger partial charge < -0.3 is 4.74 Å². The van der Waals surface area contributed by atoms with E-state index in [1.54, 1.807) is 0 Å². The van der Waals surface area contributed by atoms with Crippen molar-refractivity contribution in [1.82, 2.24) is 9.03 Å². The summed E-state index contributed by atoms with van der Waals surface area (Å²) < 4.78 is 57.4. The minimum Gasteiger partial charge on any atom is -0.492 e. The van der Waals surface area contributed by atoms with Crippen molar-refractivity contribution >= 4 is 43.2 Å². The van der Waals surface area contributed by atoms with Gasteiger partial charge >= 0.3 is 0 Å². The summed E-state index contributed by atoms with van der Waals surface area (Å²) in [6.45, 7) is 0.0279. The molecule has 148 valence electrons. The molecular formula is C16H18Cl2N2O5S2. The molecule has 0 saturated carbocycles. The Morgan fingerprint density at radius 2 is 1.63 bits per heavy atom. The summed E-state index contributed by atoms with van der Waals surface area (Å²) in [6, 6.07) is 9.99. The first kappa shape index (κ1) is 21.9. The average molecular weight is 453 g/mol. The van der Waals surface area contributed by atoms with E-state index in [0.717, 1.165) is 4.31 Å². The molecule has 0 unspecified atom stereocenters. The third kappa shape index (κ3) is 5.56. The Bertz CT molecular complexity index is 1010. The fourth-order valence-corrected chi connectivity index (χ4v) is 4.70. The van der Waals surface area contributed by atoms with Crippen molar-refractivity contribution in [2.24, 2.45) is 0 Å². The van der Waals surface area contributed by atoms with Crippen LogP contribution >= 0.6 is 23.2 Å². The molecule has 0 aliphatic heterocycles. The standard InChI is InChI=1S/C16H18Cl2N2O5S2/c1-20(2)27(23,24)14-6-4-13(5-7-14)25-10-9-19-26(21,22)16-11-12(17)3-8-15(16)18/h3-8,11,19H,9-10H2,1-2H3. The van der Waals surface area contributed by atoms with Gasteiger partial charge in [-0.25, -0.2) is 25.9 Å². The molecule has 2 rings (SSSR count). The van der Waals surface area contributed by atoms with Crippen molar-refractivity contribution in [1.29, 1.82) is 0 Å². The van der Waals surface area contributed by atoms with Crippen LogP contribution in [0.1, 0.15) is 0 Å². The maximum atomic E-state index is 12.3. The lowest BCUT2D eigenvalue weighted by Crippen LogP contribution is -2.28. The van der Waals surface area contributed by atoms with E-state index in [1.807, 2.05) is 0 Å². The molecule has 0 bridgehead atoms. The first-order valence-electron chi connectivity index (χ1n) is 7.64. The summed E-state index contributed by atoms with van der Waals surface area (Å²) >= 11 is 11.7. The quantitative estimate of drug-likeness (QED) is 0.621. The van der Waals surface area contributed by atoms with E-state index in [2.05, 4.69) is 4.72 Å². The van der Waals surface area contributed by atoms with Crippen LogP contribution in [0.25, 0.3) is 0 Å². The van der Waals surface area contributed by atoms with Gasteiger partial charge in [-0.05, 0) is 42.5 Å². The van der Waals surface area contributed by atoms with E-state index in [-0.39, 0.29) is 33.0 Å². The smallest absolute Gasteiger partial charge is 0.242 e. The molecule has 0 aliphatic carbocycles. The second kappa shape index (κ2) is 8.76. The normalized spacial score (nSPS) is 12.3. The van der Waals surface area contributed by atoms with Crippen LogP contribution in [0.4, 0.5) is 0 Å². The molecule has 0 atom stereocenters. The summed E-state index contributed by atoms with van der Waals surface area (Å²) in [6.07, 6.45) is 0. The largest absolute Gasteiger partial charge is 0.492 e. The fourth-order valence-electron chi connectivity index (χ4n) is 2.02. The Hall–Kier alpha value is -1.36. The molecule has 7 nitrogen and oxygen atoms in total. The summed E-state index contributed by atoms with van der Waals surface area (Å²) in [7, 11) is -4.46. The molecule has 0 fully saturated rings. The Kier molecular flexibility index (Phi) is 7.12. The van der Waals surface area contributed by atoms with Gasteiger partial charge in [0.05, 0.1) is 9.92 Å². The van der Waals surface area contributed by atoms with E-state index >= 15 is 0 Å².